The Balaban J connectivity index is 1.69. The highest BCUT2D eigenvalue weighted by atomic mass is 32.1. The van der Waals surface area contributed by atoms with Crippen molar-refractivity contribution >= 4 is 39.9 Å². The number of carbonyl (C=O) groups excluding carboxylic acids is 2. The fourth-order valence-corrected chi connectivity index (χ4v) is 3.76. The molecule has 5 nitrogen and oxygen atoms in total. The van der Waals surface area contributed by atoms with Crippen LogP contribution in [0.4, 0.5) is 19.6 Å². The minimum absolute atomic E-state index is 0.0967. The monoisotopic (exact) mass is 470 g/mol. The van der Waals surface area contributed by atoms with Crippen molar-refractivity contribution in [1.82, 2.24) is 4.98 Å². The number of allylic oxidation sites excluding steroid dienone is 1. The Bertz CT molecular complexity index is 1160. The van der Waals surface area contributed by atoms with E-state index in [1.54, 1.807) is 29.6 Å². The van der Waals surface area contributed by atoms with Gasteiger partial charge in [-0.15, -0.1) is 11.3 Å². The molecule has 0 N–H and O–H groups in total. The van der Waals surface area contributed by atoms with Gasteiger partial charge in [-0.2, -0.15) is 0 Å². The molecular weight excluding hydrogens is 446 g/mol. The van der Waals surface area contributed by atoms with Crippen LogP contribution in [0.2, 0.25) is 0 Å². The number of rotatable bonds is 9. The van der Waals surface area contributed by atoms with E-state index in [0.29, 0.717) is 35.6 Å². The van der Waals surface area contributed by atoms with Crippen molar-refractivity contribution in [2.45, 2.75) is 27.2 Å². The van der Waals surface area contributed by atoms with E-state index in [9.17, 15) is 18.4 Å². The van der Waals surface area contributed by atoms with Crippen molar-refractivity contribution in [3.8, 4) is 5.75 Å². The number of nitrogens with zero attached hydrogens (tertiary/aromatic N) is 2. The van der Waals surface area contributed by atoms with Gasteiger partial charge >= 0.3 is 0 Å². The minimum atomic E-state index is -0.871. The molecule has 0 atom stereocenters. The summed E-state index contributed by atoms with van der Waals surface area (Å²) in [7, 11) is 0. The van der Waals surface area contributed by atoms with Gasteiger partial charge in [-0.25, -0.2) is 13.8 Å². The van der Waals surface area contributed by atoms with Crippen molar-refractivity contribution in [2.24, 2.45) is 5.92 Å². The first-order valence-electron chi connectivity index (χ1n) is 10.4. The zero-order valence-electron chi connectivity index (χ0n) is 18.5. The molecular formula is C25H24F2N2O3S. The van der Waals surface area contributed by atoms with Gasteiger partial charge < -0.3 is 4.74 Å². The van der Waals surface area contributed by atoms with Crippen LogP contribution in [0.1, 0.15) is 43.2 Å². The van der Waals surface area contributed by atoms with Crippen LogP contribution in [-0.4, -0.2) is 23.3 Å². The molecule has 2 aromatic carbocycles. The van der Waals surface area contributed by atoms with Gasteiger partial charge in [0, 0.05) is 23.9 Å². The van der Waals surface area contributed by atoms with Gasteiger partial charge in [0.25, 0.3) is 0 Å². The van der Waals surface area contributed by atoms with Gasteiger partial charge in [0.2, 0.25) is 5.91 Å². The van der Waals surface area contributed by atoms with Crippen molar-refractivity contribution in [3.63, 3.8) is 0 Å². The second kappa shape index (κ2) is 11.0. The highest BCUT2D eigenvalue weighted by molar-refractivity contribution is 7.14. The lowest BCUT2D eigenvalue weighted by Crippen LogP contribution is -2.23. The summed E-state index contributed by atoms with van der Waals surface area (Å²) in [5, 5.41) is 1.85. The van der Waals surface area contributed by atoms with E-state index in [1.165, 1.54) is 25.1 Å². The Morgan fingerprint density at radius 2 is 1.88 bits per heavy atom. The van der Waals surface area contributed by atoms with Gasteiger partial charge in [0.05, 0.1) is 18.0 Å². The maximum absolute atomic E-state index is 14.2. The lowest BCUT2D eigenvalue weighted by molar-refractivity contribution is -0.115. The number of hydrogen-bond acceptors (Lipinski definition) is 5. The van der Waals surface area contributed by atoms with Crippen LogP contribution in [-0.2, 0) is 4.79 Å². The van der Waals surface area contributed by atoms with Gasteiger partial charge in [0.1, 0.15) is 17.4 Å². The Hall–Kier alpha value is -3.39. The molecule has 0 saturated carbocycles. The van der Waals surface area contributed by atoms with Crippen LogP contribution in [0.5, 0.6) is 5.75 Å². The third-order valence-corrected chi connectivity index (χ3v) is 5.52. The highest BCUT2D eigenvalue weighted by Crippen LogP contribution is 2.31. The molecule has 0 radical (unpaired) electrons. The number of thiazole rings is 1. The molecule has 0 unspecified atom stereocenters. The van der Waals surface area contributed by atoms with E-state index in [0.717, 1.165) is 28.7 Å². The molecule has 3 rings (SSSR count). The van der Waals surface area contributed by atoms with Crippen LogP contribution < -0.4 is 9.64 Å². The number of ether oxygens (including phenoxy) is 1. The second-order valence-electron chi connectivity index (χ2n) is 7.76. The number of aromatic nitrogens is 1. The maximum atomic E-state index is 14.2. The maximum Gasteiger partial charge on any atom is 0.230 e. The molecule has 1 heterocycles. The van der Waals surface area contributed by atoms with Gasteiger partial charge in [-0.05, 0) is 60.9 Å². The lowest BCUT2D eigenvalue weighted by Gasteiger charge is -2.18. The Kier molecular flexibility index (Phi) is 8.06. The van der Waals surface area contributed by atoms with Crippen molar-refractivity contribution < 1.29 is 23.1 Å². The smallest absolute Gasteiger partial charge is 0.230 e. The summed E-state index contributed by atoms with van der Waals surface area (Å²) in [5.74, 6) is -1.04. The molecule has 0 aliphatic carbocycles. The van der Waals surface area contributed by atoms with Gasteiger partial charge in [-0.3, -0.25) is 14.5 Å². The summed E-state index contributed by atoms with van der Waals surface area (Å²) in [4.78, 5) is 30.0. The third-order valence-electron chi connectivity index (χ3n) is 4.67. The van der Waals surface area contributed by atoms with E-state index in [4.69, 9.17) is 4.74 Å². The quantitative estimate of drug-likeness (QED) is 0.267. The Labute approximate surface area is 195 Å². The largest absolute Gasteiger partial charge is 0.494 e. The predicted molar refractivity (Wildman–Crippen MR) is 126 cm³/mol. The second-order valence-corrected chi connectivity index (χ2v) is 8.59. The minimum Gasteiger partial charge on any atom is -0.494 e. The number of benzene rings is 2. The molecule has 1 aromatic heterocycles. The lowest BCUT2D eigenvalue weighted by atomic mass is 10.1. The van der Waals surface area contributed by atoms with E-state index in [2.05, 4.69) is 18.8 Å². The summed E-state index contributed by atoms with van der Waals surface area (Å²) < 4.78 is 33.1. The molecule has 0 spiro atoms. The Morgan fingerprint density at radius 1 is 1.15 bits per heavy atom. The standard InChI is InChI=1S/C25H24F2N2O3S/c1-16(2)12-13-32-21-8-4-18(5-9-21)24(31)11-7-20-15-33-25(28-20)29(17(3)30)23-10-6-19(26)14-22(23)27/h4-11,14-16H,12-13H2,1-3H3/b11-7+. The van der Waals surface area contributed by atoms with Crippen LogP contribution >= 0.6 is 11.3 Å². The molecule has 0 aliphatic rings. The van der Waals surface area contributed by atoms with Gasteiger partial charge in [-0.1, -0.05) is 13.8 Å². The number of hydrogen-bond donors (Lipinski definition) is 0. The molecule has 0 aliphatic heterocycles. The fourth-order valence-electron chi connectivity index (χ4n) is 2.91. The first kappa shape index (κ1) is 24.3. The molecule has 3 aromatic rings. The molecule has 8 heteroatoms. The summed E-state index contributed by atoms with van der Waals surface area (Å²) in [5.41, 5.74) is 0.836. The predicted octanol–water partition coefficient (Wildman–Crippen LogP) is 6.43. The van der Waals surface area contributed by atoms with Crippen LogP contribution in [0.25, 0.3) is 6.08 Å². The average Bonchev–Trinajstić information content (AvgIpc) is 3.22. The van der Waals surface area contributed by atoms with Gasteiger partial charge in [0.15, 0.2) is 10.9 Å². The summed E-state index contributed by atoms with van der Waals surface area (Å²) in [6.45, 7) is 6.14. The van der Waals surface area contributed by atoms with Crippen LogP contribution in [0.15, 0.2) is 53.9 Å². The average molecular weight is 471 g/mol. The fraction of sp³-hybridized carbons (Fsp3) is 0.240. The van der Waals surface area contributed by atoms with Crippen molar-refractivity contribution in [3.05, 3.63) is 76.8 Å². The highest BCUT2D eigenvalue weighted by Gasteiger charge is 2.21. The molecule has 33 heavy (non-hydrogen) atoms. The SMILES string of the molecule is CC(=O)N(c1nc(/C=C/C(=O)c2ccc(OCCC(C)C)cc2)cs1)c1ccc(F)cc1F. The van der Waals surface area contributed by atoms with E-state index < -0.39 is 17.5 Å². The zero-order valence-corrected chi connectivity index (χ0v) is 19.4. The van der Waals surface area contributed by atoms with E-state index >= 15 is 0 Å². The van der Waals surface area contributed by atoms with Crippen LogP contribution in [0, 0.1) is 17.6 Å². The molecule has 172 valence electrons. The van der Waals surface area contributed by atoms with Crippen molar-refractivity contribution in [2.75, 3.05) is 11.5 Å². The number of halogens is 2. The Morgan fingerprint density at radius 3 is 2.52 bits per heavy atom. The summed E-state index contributed by atoms with van der Waals surface area (Å²) in [6, 6.07) is 9.86. The van der Waals surface area contributed by atoms with E-state index in [-0.39, 0.29) is 16.6 Å². The first-order chi connectivity index (χ1) is 15.7. The van der Waals surface area contributed by atoms with Crippen LogP contribution in [0.3, 0.4) is 0 Å². The first-order valence-corrected chi connectivity index (χ1v) is 11.3. The number of amides is 1. The molecule has 1 amide bonds. The number of anilines is 2. The molecule has 0 saturated heterocycles. The molecule has 0 fully saturated rings. The topological polar surface area (TPSA) is 59.5 Å². The van der Waals surface area contributed by atoms with Crippen molar-refractivity contribution in [1.29, 1.82) is 0 Å². The summed E-state index contributed by atoms with van der Waals surface area (Å²) >= 11 is 1.11. The van der Waals surface area contributed by atoms with E-state index in [1.807, 2.05) is 0 Å². The molecule has 0 bridgehead atoms. The zero-order chi connectivity index (χ0) is 24.0. The number of carbonyl (C=O) groups is 2. The normalized spacial score (nSPS) is 11.2. The third kappa shape index (κ3) is 6.55. The number of ketones is 1. The summed E-state index contributed by atoms with van der Waals surface area (Å²) in [6.07, 6.45) is 3.85.